The van der Waals surface area contributed by atoms with Crippen LogP contribution in [0.3, 0.4) is 0 Å². The highest BCUT2D eigenvalue weighted by Gasteiger charge is 2.11. The van der Waals surface area contributed by atoms with Crippen LogP contribution in [0.1, 0.15) is 31.5 Å². The maximum atomic E-state index is 5.97. The first-order valence-electron chi connectivity index (χ1n) is 6.03. The number of hydrogen-bond acceptors (Lipinski definition) is 4. The lowest BCUT2D eigenvalue weighted by atomic mass is 10.2. The van der Waals surface area contributed by atoms with Gasteiger partial charge < -0.3 is 10.6 Å². The fraction of sp³-hybridized carbons (Fsp3) is 0.800. The molecular formula is C10H19N7. The van der Waals surface area contributed by atoms with Crippen molar-refractivity contribution in [1.29, 1.82) is 0 Å². The van der Waals surface area contributed by atoms with E-state index in [1.807, 2.05) is 0 Å². The van der Waals surface area contributed by atoms with Crippen molar-refractivity contribution in [3.05, 3.63) is 5.82 Å². The number of aryl methyl sites for hydroxylation is 1. The van der Waals surface area contributed by atoms with E-state index in [2.05, 4.69) is 25.3 Å². The Balaban J connectivity index is 1.91. The zero-order chi connectivity index (χ0) is 12.1. The van der Waals surface area contributed by atoms with Gasteiger partial charge in [-0.15, -0.1) is 10.2 Å². The maximum Gasteiger partial charge on any atom is 0.196 e. The summed E-state index contributed by atoms with van der Waals surface area (Å²) in [6.07, 6.45) is 4.96. The van der Waals surface area contributed by atoms with Crippen LogP contribution >= 0.6 is 0 Å². The van der Waals surface area contributed by atoms with Gasteiger partial charge in [0.2, 0.25) is 0 Å². The highest BCUT2D eigenvalue weighted by molar-refractivity contribution is 5.78. The predicted octanol–water partition coefficient (Wildman–Crippen LogP) is -0.0992. The van der Waals surface area contributed by atoms with E-state index in [-0.39, 0.29) is 0 Å². The number of nitrogens with zero attached hydrogens (tertiary/aromatic N) is 6. The van der Waals surface area contributed by atoms with E-state index in [4.69, 9.17) is 5.73 Å². The predicted molar refractivity (Wildman–Crippen MR) is 64.2 cm³/mol. The molecule has 2 heterocycles. The van der Waals surface area contributed by atoms with Crippen molar-refractivity contribution < 1.29 is 0 Å². The van der Waals surface area contributed by atoms with Gasteiger partial charge in [-0.3, -0.25) is 0 Å². The third-order valence-corrected chi connectivity index (χ3v) is 2.86. The minimum absolute atomic E-state index is 0.399. The number of tetrazole rings is 1. The number of guanidine groups is 1. The molecule has 0 radical (unpaired) electrons. The molecule has 0 aliphatic carbocycles. The summed E-state index contributed by atoms with van der Waals surface area (Å²) in [5.41, 5.74) is 5.97. The molecule has 0 aromatic carbocycles. The Labute approximate surface area is 101 Å². The zero-order valence-electron chi connectivity index (χ0n) is 10.2. The van der Waals surface area contributed by atoms with Crippen molar-refractivity contribution in [2.24, 2.45) is 17.8 Å². The van der Waals surface area contributed by atoms with E-state index >= 15 is 0 Å². The number of likely N-dealkylation sites (tertiary alicyclic amines) is 1. The summed E-state index contributed by atoms with van der Waals surface area (Å²) >= 11 is 0. The summed E-state index contributed by atoms with van der Waals surface area (Å²) in [6.45, 7) is 2.41. The molecule has 0 atom stereocenters. The molecule has 2 rings (SSSR count). The van der Waals surface area contributed by atoms with E-state index in [9.17, 15) is 0 Å². The molecule has 2 N–H and O–H groups in total. The molecule has 1 aliphatic rings. The highest BCUT2D eigenvalue weighted by Crippen LogP contribution is 2.09. The smallest absolute Gasteiger partial charge is 0.196 e. The van der Waals surface area contributed by atoms with Crippen molar-refractivity contribution in [2.75, 3.05) is 13.1 Å². The molecule has 1 aliphatic heterocycles. The van der Waals surface area contributed by atoms with Gasteiger partial charge in [-0.05, 0) is 18.1 Å². The van der Waals surface area contributed by atoms with Crippen molar-refractivity contribution in [3.63, 3.8) is 0 Å². The van der Waals surface area contributed by atoms with Crippen molar-refractivity contribution in [1.82, 2.24) is 25.1 Å². The standard InChI is InChI=1S/C10H19N7/c1-16-14-9(13-15-16)8-12-10(11)17-6-4-2-3-5-7-17/h2-8H2,1H3,(H2,11,12). The van der Waals surface area contributed by atoms with Gasteiger partial charge in [-0.1, -0.05) is 12.8 Å². The molecule has 1 saturated heterocycles. The molecule has 0 spiro atoms. The Morgan fingerprint density at radius 3 is 2.59 bits per heavy atom. The summed E-state index contributed by atoms with van der Waals surface area (Å²) in [5.74, 6) is 1.20. The molecule has 94 valence electrons. The Morgan fingerprint density at radius 2 is 2.00 bits per heavy atom. The van der Waals surface area contributed by atoms with E-state index in [1.165, 1.54) is 30.5 Å². The van der Waals surface area contributed by atoms with Gasteiger partial charge in [0.05, 0.1) is 7.05 Å². The van der Waals surface area contributed by atoms with E-state index in [0.29, 0.717) is 18.3 Å². The van der Waals surface area contributed by atoms with Crippen LogP contribution in [0.2, 0.25) is 0 Å². The van der Waals surface area contributed by atoms with Crippen LogP contribution in [0.25, 0.3) is 0 Å². The zero-order valence-corrected chi connectivity index (χ0v) is 10.2. The number of rotatable bonds is 2. The van der Waals surface area contributed by atoms with Crippen molar-refractivity contribution in [2.45, 2.75) is 32.2 Å². The minimum atomic E-state index is 0.399. The van der Waals surface area contributed by atoms with Gasteiger partial charge in [0.15, 0.2) is 11.8 Å². The molecule has 7 heteroatoms. The van der Waals surface area contributed by atoms with Crippen LogP contribution in [0, 0.1) is 0 Å². The maximum absolute atomic E-state index is 5.97. The lowest BCUT2D eigenvalue weighted by molar-refractivity contribution is 0.428. The lowest BCUT2D eigenvalue weighted by Gasteiger charge is -2.20. The average Bonchev–Trinajstić information content (AvgIpc) is 2.58. The Hall–Kier alpha value is -1.66. The summed E-state index contributed by atoms with van der Waals surface area (Å²) in [7, 11) is 1.73. The molecular weight excluding hydrogens is 218 g/mol. The minimum Gasteiger partial charge on any atom is -0.370 e. The Morgan fingerprint density at radius 1 is 1.29 bits per heavy atom. The fourth-order valence-electron chi connectivity index (χ4n) is 1.94. The molecule has 0 bridgehead atoms. The first-order chi connectivity index (χ1) is 8.25. The molecule has 0 amide bonds. The van der Waals surface area contributed by atoms with Crippen LogP contribution in [0.15, 0.2) is 4.99 Å². The number of hydrogen-bond donors (Lipinski definition) is 1. The number of aromatic nitrogens is 4. The molecule has 17 heavy (non-hydrogen) atoms. The second kappa shape index (κ2) is 5.60. The van der Waals surface area contributed by atoms with E-state index in [0.717, 1.165) is 13.1 Å². The summed E-state index contributed by atoms with van der Waals surface area (Å²) in [4.78, 5) is 7.88. The average molecular weight is 237 g/mol. The Bertz CT molecular complexity index is 376. The van der Waals surface area contributed by atoms with Gasteiger partial charge >= 0.3 is 0 Å². The van der Waals surface area contributed by atoms with Gasteiger partial charge in [0, 0.05) is 13.1 Å². The van der Waals surface area contributed by atoms with E-state index in [1.54, 1.807) is 7.05 Å². The molecule has 1 fully saturated rings. The summed E-state index contributed by atoms with van der Waals surface area (Å²) in [6, 6.07) is 0. The summed E-state index contributed by atoms with van der Waals surface area (Å²) < 4.78 is 0. The second-order valence-electron chi connectivity index (χ2n) is 4.27. The third-order valence-electron chi connectivity index (χ3n) is 2.86. The van der Waals surface area contributed by atoms with Gasteiger partial charge in [-0.25, -0.2) is 4.99 Å². The largest absolute Gasteiger partial charge is 0.370 e. The number of nitrogens with two attached hydrogens (primary N) is 1. The summed E-state index contributed by atoms with van der Waals surface area (Å²) in [5, 5.41) is 11.7. The molecule has 1 aromatic heterocycles. The molecule has 1 aromatic rings. The molecule has 0 saturated carbocycles. The first-order valence-corrected chi connectivity index (χ1v) is 6.03. The topological polar surface area (TPSA) is 85.2 Å². The quantitative estimate of drug-likeness (QED) is 0.573. The van der Waals surface area contributed by atoms with Crippen LogP contribution in [-0.4, -0.2) is 44.2 Å². The van der Waals surface area contributed by atoms with Crippen LogP contribution in [-0.2, 0) is 13.6 Å². The van der Waals surface area contributed by atoms with Crippen LogP contribution < -0.4 is 5.73 Å². The Kier molecular flexibility index (Phi) is 3.89. The van der Waals surface area contributed by atoms with Gasteiger partial charge in [0.25, 0.3) is 0 Å². The first kappa shape index (κ1) is 11.8. The van der Waals surface area contributed by atoms with E-state index < -0.39 is 0 Å². The van der Waals surface area contributed by atoms with Gasteiger partial charge in [-0.2, -0.15) is 4.80 Å². The van der Waals surface area contributed by atoms with Crippen molar-refractivity contribution in [3.8, 4) is 0 Å². The monoisotopic (exact) mass is 237 g/mol. The SMILES string of the molecule is Cn1nnc(CN=C(N)N2CCCCCC2)n1. The van der Waals surface area contributed by atoms with Gasteiger partial charge in [0.1, 0.15) is 6.54 Å². The normalized spacial score (nSPS) is 18.2. The molecule has 0 unspecified atom stereocenters. The second-order valence-corrected chi connectivity index (χ2v) is 4.27. The third kappa shape index (κ3) is 3.40. The van der Waals surface area contributed by atoms with Crippen molar-refractivity contribution >= 4 is 5.96 Å². The highest BCUT2D eigenvalue weighted by atomic mass is 15.6. The number of aliphatic imine (C=N–C) groups is 1. The lowest BCUT2D eigenvalue weighted by Crippen LogP contribution is -2.38. The molecule has 7 nitrogen and oxygen atoms in total. The fourth-order valence-corrected chi connectivity index (χ4v) is 1.94. The van der Waals surface area contributed by atoms with Crippen LogP contribution in [0.4, 0.5) is 0 Å². The van der Waals surface area contributed by atoms with Crippen LogP contribution in [0.5, 0.6) is 0 Å².